The number of nitrogens with zero attached hydrogens (tertiary/aromatic N) is 2. The maximum absolute atomic E-state index is 13.0. The average Bonchev–Trinajstić information content (AvgIpc) is 3.11. The van der Waals surface area contributed by atoms with Crippen LogP contribution in [0.2, 0.25) is 0 Å². The van der Waals surface area contributed by atoms with Crippen molar-refractivity contribution in [2.24, 2.45) is 5.92 Å². The van der Waals surface area contributed by atoms with Gasteiger partial charge in [-0.25, -0.2) is 0 Å². The van der Waals surface area contributed by atoms with Crippen molar-refractivity contribution in [3.05, 3.63) is 0 Å². The second-order valence-electron chi connectivity index (χ2n) is 8.60. The van der Waals surface area contributed by atoms with Crippen LogP contribution in [-0.4, -0.2) is 96.5 Å². The number of piperidine rings is 1. The molecular weight excluding hydrogens is 433 g/mol. The molecule has 2 saturated heterocycles. The summed E-state index contributed by atoms with van der Waals surface area (Å²) in [7, 11) is 5.42. The SMILES string of the molecule is CN1CCC2NC(C(=O)N[C@@H]3C[C@@H](C(=O)N(C)C)CC[C@@H]3NC(=O)C(=O)[O-])SC2C1.[Na+]. The zero-order chi connectivity index (χ0) is 22.0. The zero-order valence-electron chi connectivity index (χ0n) is 18.6. The van der Waals surface area contributed by atoms with E-state index < -0.39 is 29.3 Å². The molecule has 3 amide bonds. The predicted octanol–water partition coefficient (Wildman–Crippen LogP) is -5.67. The molecule has 0 aromatic carbocycles. The van der Waals surface area contributed by atoms with E-state index in [1.165, 1.54) is 4.90 Å². The number of likely N-dealkylation sites (tertiary alicyclic amines) is 1. The van der Waals surface area contributed by atoms with E-state index in [1.54, 1.807) is 25.9 Å². The van der Waals surface area contributed by atoms with Gasteiger partial charge in [0.1, 0.15) is 11.3 Å². The van der Waals surface area contributed by atoms with Gasteiger partial charge in [0.15, 0.2) is 0 Å². The first-order valence-corrected chi connectivity index (χ1v) is 11.2. The van der Waals surface area contributed by atoms with Crippen molar-refractivity contribution < 1.29 is 53.8 Å². The topological polar surface area (TPSA) is 134 Å². The molecule has 168 valence electrons. The van der Waals surface area contributed by atoms with Crippen molar-refractivity contribution in [2.45, 2.75) is 54.4 Å². The number of fused-ring (bicyclic) bond motifs is 1. The number of nitrogens with one attached hydrogen (secondary N) is 3. The minimum atomic E-state index is -1.81. The fraction of sp³-hybridized carbons (Fsp3) is 0.789. The molecule has 0 spiro atoms. The number of thioether (sulfide) groups is 1. The Morgan fingerprint density at radius 1 is 1.10 bits per heavy atom. The van der Waals surface area contributed by atoms with Crippen LogP contribution in [0.25, 0.3) is 0 Å². The Morgan fingerprint density at radius 2 is 1.81 bits per heavy atom. The summed E-state index contributed by atoms with van der Waals surface area (Å²) in [6.45, 7) is 1.90. The van der Waals surface area contributed by atoms with E-state index in [0.717, 1.165) is 19.5 Å². The van der Waals surface area contributed by atoms with Gasteiger partial charge in [0.25, 0.3) is 5.91 Å². The first kappa shape index (κ1) is 26.4. The third-order valence-corrected chi connectivity index (χ3v) is 7.60. The van der Waals surface area contributed by atoms with Crippen LogP contribution < -0.4 is 50.6 Å². The summed E-state index contributed by atoms with van der Waals surface area (Å²) in [6.07, 6.45) is 2.22. The van der Waals surface area contributed by atoms with Crippen LogP contribution in [0, 0.1) is 5.92 Å². The summed E-state index contributed by atoms with van der Waals surface area (Å²) in [4.78, 5) is 51.7. The summed E-state index contributed by atoms with van der Waals surface area (Å²) >= 11 is 1.60. The summed E-state index contributed by atoms with van der Waals surface area (Å²) in [5.74, 6) is -3.55. The van der Waals surface area contributed by atoms with Crippen molar-refractivity contribution >= 4 is 35.5 Å². The molecule has 0 radical (unpaired) electrons. The molecule has 1 aliphatic carbocycles. The molecule has 3 fully saturated rings. The second-order valence-corrected chi connectivity index (χ2v) is 9.95. The summed E-state index contributed by atoms with van der Waals surface area (Å²) < 4.78 is 0. The van der Waals surface area contributed by atoms with Gasteiger partial charge in [-0.1, -0.05) is 0 Å². The van der Waals surface area contributed by atoms with Crippen LogP contribution in [0.5, 0.6) is 0 Å². The average molecular weight is 464 g/mol. The maximum Gasteiger partial charge on any atom is 1.00 e. The number of carbonyl (C=O) groups excluding carboxylic acids is 4. The molecule has 0 bridgehead atoms. The van der Waals surface area contributed by atoms with E-state index >= 15 is 0 Å². The third-order valence-electron chi connectivity index (χ3n) is 6.15. The van der Waals surface area contributed by atoms with Crippen molar-refractivity contribution in [2.75, 3.05) is 34.2 Å². The van der Waals surface area contributed by atoms with Gasteiger partial charge in [-0.05, 0) is 39.3 Å². The third kappa shape index (κ3) is 6.58. The minimum absolute atomic E-state index is 0. The van der Waals surface area contributed by atoms with E-state index in [0.29, 0.717) is 24.5 Å². The van der Waals surface area contributed by atoms with Gasteiger partial charge >= 0.3 is 29.6 Å². The van der Waals surface area contributed by atoms with Crippen LogP contribution in [-0.2, 0) is 19.2 Å². The molecule has 0 aromatic rings. The number of hydrogen-bond donors (Lipinski definition) is 3. The fourth-order valence-electron chi connectivity index (χ4n) is 4.52. The number of rotatable bonds is 4. The van der Waals surface area contributed by atoms with Crippen molar-refractivity contribution in [3.63, 3.8) is 0 Å². The monoisotopic (exact) mass is 463 g/mol. The van der Waals surface area contributed by atoms with Crippen LogP contribution in [0.3, 0.4) is 0 Å². The summed E-state index contributed by atoms with van der Waals surface area (Å²) in [6, 6.07) is -0.813. The number of carboxylic acid groups (broad SMARTS) is 1. The van der Waals surface area contributed by atoms with E-state index in [1.807, 2.05) is 0 Å². The second kappa shape index (κ2) is 11.3. The number of amides is 3. The first-order valence-electron chi connectivity index (χ1n) is 10.3. The van der Waals surface area contributed by atoms with Crippen molar-refractivity contribution in [3.8, 4) is 0 Å². The van der Waals surface area contributed by atoms with Crippen LogP contribution in [0.15, 0.2) is 0 Å². The van der Waals surface area contributed by atoms with Crippen LogP contribution in [0.1, 0.15) is 25.7 Å². The Kier molecular flexibility index (Phi) is 9.65. The molecule has 1 saturated carbocycles. The van der Waals surface area contributed by atoms with Gasteiger partial charge in [-0.3, -0.25) is 19.7 Å². The number of carboxylic acids is 1. The molecule has 3 unspecified atom stereocenters. The molecule has 6 atom stereocenters. The molecule has 2 aliphatic heterocycles. The number of aliphatic carboxylic acids is 1. The van der Waals surface area contributed by atoms with E-state index in [9.17, 15) is 24.3 Å². The van der Waals surface area contributed by atoms with Gasteiger partial charge < -0.3 is 30.3 Å². The van der Waals surface area contributed by atoms with E-state index in [4.69, 9.17) is 0 Å². The number of hydrogen-bond acceptors (Lipinski definition) is 8. The normalized spacial score (nSPS) is 32.9. The van der Waals surface area contributed by atoms with E-state index in [2.05, 4.69) is 27.9 Å². The molecule has 31 heavy (non-hydrogen) atoms. The molecule has 2 heterocycles. The Bertz CT molecular complexity index is 711. The standard InChI is InChI=1S/C19H31N5O5S.Na/c1-23(2)18(27)10-4-5-11(20-16(26)19(28)29)13(8-10)21-15(25)17-22-12-6-7-24(3)9-14(12)30-17;/h10-14,17,22H,4-9H2,1-3H3,(H,20,26)(H,21,25)(H,28,29);/q;+1/p-1/t10-,11-,12?,13+,14?,17?;/m0./s1. The zero-order valence-corrected chi connectivity index (χ0v) is 21.4. The van der Waals surface area contributed by atoms with Gasteiger partial charge in [0, 0.05) is 49.9 Å². The largest absolute Gasteiger partial charge is 1.00 e. The van der Waals surface area contributed by atoms with Gasteiger partial charge in [-0.2, -0.15) is 0 Å². The molecule has 0 aromatic heterocycles. The van der Waals surface area contributed by atoms with Crippen LogP contribution in [0.4, 0.5) is 0 Å². The molecule has 3 N–H and O–H groups in total. The molecule has 3 rings (SSSR count). The van der Waals surface area contributed by atoms with Crippen LogP contribution >= 0.6 is 11.8 Å². The molecule has 12 heteroatoms. The summed E-state index contributed by atoms with van der Waals surface area (Å²) in [5, 5.41) is 19.6. The minimum Gasteiger partial charge on any atom is -0.540 e. The Morgan fingerprint density at radius 3 is 2.45 bits per heavy atom. The smallest absolute Gasteiger partial charge is 0.540 e. The molecule has 3 aliphatic rings. The van der Waals surface area contributed by atoms with Crippen molar-refractivity contribution in [1.82, 2.24) is 25.8 Å². The molecule has 10 nitrogen and oxygen atoms in total. The number of carbonyl (C=O) groups is 4. The molecular formula is C19H30N5NaO5S. The van der Waals surface area contributed by atoms with Gasteiger partial charge in [0.05, 0.1) is 0 Å². The maximum atomic E-state index is 13.0. The van der Waals surface area contributed by atoms with Gasteiger partial charge in [-0.15, -0.1) is 11.8 Å². The fourth-order valence-corrected chi connectivity index (χ4v) is 6.06. The van der Waals surface area contributed by atoms with Crippen molar-refractivity contribution in [1.29, 1.82) is 0 Å². The Hall–Kier alpha value is -0.850. The Balaban J connectivity index is 0.00000341. The Labute approximate surface area is 208 Å². The van der Waals surface area contributed by atoms with E-state index in [-0.39, 0.29) is 53.3 Å². The summed E-state index contributed by atoms with van der Waals surface area (Å²) in [5.41, 5.74) is 0. The first-order chi connectivity index (χ1) is 14.2. The quantitative estimate of drug-likeness (QED) is 0.278. The van der Waals surface area contributed by atoms with Gasteiger partial charge in [0.2, 0.25) is 11.8 Å². The predicted molar refractivity (Wildman–Crippen MR) is 109 cm³/mol.